The molecule has 0 spiro atoms. The van der Waals surface area contributed by atoms with Crippen LogP contribution in [0.25, 0.3) is 0 Å². The number of rotatable bonds is 3. The Kier molecular flexibility index (Phi) is 4.34. The number of likely N-dealkylation sites (N-methyl/N-ethyl adjacent to an activating group) is 1. The number of nitro benzene ring substituents is 1. The van der Waals surface area contributed by atoms with Crippen molar-refractivity contribution in [3.63, 3.8) is 0 Å². The Labute approximate surface area is 117 Å². The van der Waals surface area contributed by atoms with Gasteiger partial charge >= 0.3 is 0 Å². The van der Waals surface area contributed by atoms with E-state index in [0.717, 1.165) is 19.3 Å². The number of carbonyl (C=O) groups excluding carboxylic acids is 1. The van der Waals surface area contributed by atoms with Gasteiger partial charge < -0.3 is 10.0 Å². The molecule has 0 radical (unpaired) electrons. The van der Waals surface area contributed by atoms with Crippen molar-refractivity contribution in [3.8, 4) is 0 Å². The molecule has 1 aliphatic rings. The summed E-state index contributed by atoms with van der Waals surface area (Å²) in [4.78, 5) is 24.1. The van der Waals surface area contributed by atoms with Crippen LogP contribution in [0.4, 0.5) is 5.69 Å². The van der Waals surface area contributed by atoms with E-state index in [1.165, 1.54) is 23.1 Å². The number of nitrogens with zero attached hydrogens (tertiary/aromatic N) is 2. The van der Waals surface area contributed by atoms with Crippen molar-refractivity contribution in [2.45, 2.75) is 37.8 Å². The molecule has 1 fully saturated rings. The number of carbonyl (C=O) groups is 1. The molecule has 2 rings (SSSR count). The highest BCUT2D eigenvalue weighted by Crippen LogP contribution is 2.24. The fourth-order valence-electron chi connectivity index (χ4n) is 2.65. The maximum Gasteiger partial charge on any atom is 0.270 e. The standard InChI is InChI=1S/C14H18N2O4/c1-15(12-7-2-3-8-13(12)17)14(18)10-5-4-6-11(9-10)16(19)20/h4-6,9,12-13,17H,2-3,7-8H2,1H3/t12-,13+/m1/s1. The lowest BCUT2D eigenvalue weighted by Gasteiger charge is -2.35. The van der Waals surface area contributed by atoms with E-state index in [0.29, 0.717) is 6.42 Å². The SMILES string of the molecule is CN(C(=O)c1cccc([N+](=O)[O-])c1)[C@@H]1CCCC[C@@H]1O. The van der Waals surface area contributed by atoms with Crippen LogP contribution < -0.4 is 0 Å². The molecule has 1 N–H and O–H groups in total. The number of hydrogen-bond acceptors (Lipinski definition) is 4. The minimum absolute atomic E-state index is 0.103. The average Bonchev–Trinajstić information content (AvgIpc) is 2.46. The largest absolute Gasteiger partial charge is 0.391 e. The Morgan fingerprint density at radius 1 is 1.40 bits per heavy atom. The lowest BCUT2D eigenvalue weighted by molar-refractivity contribution is -0.384. The van der Waals surface area contributed by atoms with Crippen molar-refractivity contribution in [1.29, 1.82) is 0 Å². The third-order valence-electron chi connectivity index (χ3n) is 3.82. The average molecular weight is 278 g/mol. The molecule has 0 heterocycles. The minimum atomic E-state index is -0.522. The molecule has 1 aliphatic carbocycles. The van der Waals surface area contributed by atoms with Gasteiger partial charge in [0.1, 0.15) is 0 Å². The zero-order chi connectivity index (χ0) is 14.7. The summed E-state index contributed by atoms with van der Waals surface area (Å²) in [5.41, 5.74) is 0.174. The normalized spacial score (nSPS) is 22.3. The van der Waals surface area contributed by atoms with Crippen molar-refractivity contribution < 1.29 is 14.8 Å². The number of aliphatic hydroxyl groups excluding tert-OH is 1. The second kappa shape index (κ2) is 6.00. The van der Waals surface area contributed by atoms with Gasteiger partial charge in [-0.3, -0.25) is 14.9 Å². The van der Waals surface area contributed by atoms with Crippen LogP contribution in [-0.4, -0.2) is 40.0 Å². The Bertz CT molecular complexity index is 518. The number of benzene rings is 1. The van der Waals surface area contributed by atoms with Crippen molar-refractivity contribution in [2.75, 3.05) is 7.05 Å². The van der Waals surface area contributed by atoms with Crippen molar-refractivity contribution in [1.82, 2.24) is 4.90 Å². The number of nitro groups is 1. The van der Waals surface area contributed by atoms with Gasteiger partial charge in [-0.25, -0.2) is 0 Å². The lowest BCUT2D eigenvalue weighted by Crippen LogP contribution is -2.46. The topological polar surface area (TPSA) is 83.7 Å². The van der Waals surface area contributed by atoms with Crippen LogP contribution in [0.15, 0.2) is 24.3 Å². The van der Waals surface area contributed by atoms with E-state index in [4.69, 9.17) is 0 Å². The predicted octanol–water partition coefficient (Wildman–Crippen LogP) is 1.97. The molecule has 1 aromatic rings. The van der Waals surface area contributed by atoms with E-state index in [2.05, 4.69) is 0 Å². The van der Waals surface area contributed by atoms with Gasteiger partial charge in [-0.1, -0.05) is 18.9 Å². The summed E-state index contributed by atoms with van der Waals surface area (Å²) in [7, 11) is 1.64. The zero-order valence-corrected chi connectivity index (χ0v) is 11.4. The number of aliphatic hydroxyl groups is 1. The molecular formula is C14H18N2O4. The first kappa shape index (κ1) is 14.5. The molecular weight excluding hydrogens is 260 g/mol. The van der Waals surface area contributed by atoms with E-state index in [1.807, 2.05) is 0 Å². The second-order valence-corrected chi connectivity index (χ2v) is 5.14. The monoisotopic (exact) mass is 278 g/mol. The van der Waals surface area contributed by atoms with Crippen molar-refractivity contribution in [2.24, 2.45) is 0 Å². The summed E-state index contributed by atoms with van der Waals surface area (Å²) < 4.78 is 0. The van der Waals surface area contributed by atoms with Crippen LogP contribution in [0.2, 0.25) is 0 Å². The highest BCUT2D eigenvalue weighted by atomic mass is 16.6. The molecule has 0 unspecified atom stereocenters. The van der Waals surface area contributed by atoms with Gasteiger partial charge in [-0.15, -0.1) is 0 Å². The highest BCUT2D eigenvalue weighted by Gasteiger charge is 2.30. The molecule has 0 bridgehead atoms. The predicted molar refractivity (Wildman–Crippen MR) is 73.5 cm³/mol. The van der Waals surface area contributed by atoms with Crippen LogP contribution in [0.5, 0.6) is 0 Å². The fourth-order valence-corrected chi connectivity index (χ4v) is 2.65. The Hall–Kier alpha value is -1.95. The maximum absolute atomic E-state index is 12.4. The smallest absolute Gasteiger partial charge is 0.270 e. The van der Waals surface area contributed by atoms with Gasteiger partial charge in [-0.2, -0.15) is 0 Å². The van der Waals surface area contributed by atoms with Crippen molar-refractivity contribution >= 4 is 11.6 Å². The molecule has 1 aromatic carbocycles. The van der Waals surface area contributed by atoms with Crippen LogP contribution in [0, 0.1) is 10.1 Å². The van der Waals surface area contributed by atoms with E-state index < -0.39 is 11.0 Å². The van der Waals surface area contributed by atoms with E-state index in [9.17, 15) is 20.0 Å². The minimum Gasteiger partial charge on any atom is -0.391 e. The summed E-state index contributed by atoms with van der Waals surface area (Å²) in [6, 6.07) is 5.47. The van der Waals surface area contributed by atoms with Crippen LogP contribution in [-0.2, 0) is 0 Å². The highest BCUT2D eigenvalue weighted by molar-refractivity contribution is 5.94. The summed E-state index contributed by atoms with van der Waals surface area (Å²) in [6.45, 7) is 0. The van der Waals surface area contributed by atoms with Crippen LogP contribution >= 0.6 is 0 Å². The quantitative estimate of drug-likeness (QED) is 0.676. The zero-order valence-electron chi connectivity index (χ0n) is 11.4. The van der Waals surface area contributed by atoms with Gasteiger partial charge in [0, 0.05) is 24.7 Å². The summed E-state index contributed by atoms with van der Waals surface area (Å²) in [6.07, 6.45) is 2.89. The summed E-state index contributed by atoms with van der Waals surface area (Å²) >= 11 is 0. The fraction of sp³-hybridized carbons (Fsp3) is 0.500. The first-order chi connectivity index (χ1) is 9.50. The first-order valence-electron chi connectivity index (χ1n) is 6.70. The molecule has 6 heteroatoms. The number of non-ortho nitro benzene ring substituents is 1. The Balaban J connectivity index is 2.17. The van der Waals surface area contributed by atoms with Crippen LogP contribution in [0.3, 0.4) is 0 Å². The molecule has 2 atom stereocenters. The Morgan fingerprint density at radius 3 is 2.75 bits per heavy atom. The van der Waals surface area contributed by atoms with Gasteiger partial charge in [0.25, 0.3) is 11.6 Å². The maximum atomic E-state index is 12.4. The molecule has 1 amide bonds. The molecule has 0 aliphatic heterocycles. The molecule has 0 saturated heterocycles. The Morgan fingerprint density at radius 2 is 2.10 bits per heavy atom. The summed E-state index contributed by atoms with van der Waals surface area (Å²) in [5.74, 6) is -0.292. The molecule has 20 heavy (non-hydrogen) atoms. The third-order valence-corrected chi connectivity index (χ3v) is 3.82. The van der Waals surface area contributed by atoms with Gasteiger partial charge in [0.05, 0.1) is 17.1 Å². The van der Waals surface area contributed by atoms with E-state index in [-0.39, 0.29) is 23.2 Å². The molecule has 108 valence electrons. The van der Waals surface area contributed by atoms with Gasteiger partial charge in [0.2, 0.25) is 0 Å². The molecule has 0 aromatic heterocycles. The first-order valence-corrected chi connectivity index (χ1v) is 6.70. The molecule has 6 nitrogen and oxygen atoms in total. The van der Waals surface area contributed by atoms with Gasteiger partial charge in [0.15, 0.2) is 0 Å². The third kappa shape index (κ3) is 2.96. The van der Waals surface area contributed by atoms with E-state index in [1.54, 1.807) is 13.1 Å². The molecule has 1 saturated carbocycles. The lowest BCUT2D eigenvalue weighted by atomic mass is 9.91. The summed E-state index contributed by atoms with van der Waals surface area (Å²) in [5, 5.41) is 20.7. The van der Waals surface area contributed by atoms with Crippen LogP contribution in [0.1, 0.15) is 36.0 Å². The van der Waals surface area contributed by atoms with Gasteiger partial charge in [-0.05, 0) is 18.9 Å². The second-order valence-electron chi connectivity index (χ2n) is 5.14. The van der Waals surface area contributed by atoms with E-state index >= 15 is 0 Å². The van der Waals surface area contributed by atoms with Crippen molar-refractivity contribution in [3.05, 3.63) is 39.9 Å². The number of amides is 1. The number of hydrogen-bond donors (Lipinski definition) is 1.